The van der Waals surface area contributed by atoms with E-state index in [1.165, 1.54) is 25.7 Å². The number of carbonyl (C=O) groups excluding carboxylic acids is 2. The zero-order valence-electron chi connectivity index (χ0n) is 16.5. The first-order chi connectivity index (χ1) is 12.7. The Morgan fingerprint density at radius 1 is 1.08 bits per heavy atom. The van der Waals surface area contributed by atoms with Crippen LogP contribution in [0.25, 0.3) is 0 Å². The summed E-state index contributed by atoms with van der Waals surface area (Å²) in [5, 5.41) is 6.37. The number of nitrogens with zero attached hydrogens (tertiary/aromatic N) is 1. The van der Waals surface area contributed by atoms with E-state index in [-0.39, 0.29) is 17.9 Å². The van der Waals surface area contributed by atoms with Crippen LogP contribution in [0.1, 0.15) is 71.1 Å². The zero-order valence-corrected chi connectivity index (χ0v) is 16.5. The van der Waals surface area contributed by atoms with Crippen LogP contribution in [0.4, 0.5) is 0 Å². The molecule has 2 aliphatic heterocycles. The Morgan fingerprint density at radius 2 is 1.85 bits per heavy atom. The SMILES string of the molecule is CCC(CC1CCCC1)C(=O)N1CCCC(CNC(=O)C2CCCN2)C1. The number of carbonyl (C=O) groups is 2. The number of piperidine rings is 1. The minimum Gasteiger partial charge on any atom is -0.354 e. The lowest BCUT2D eigenvalue weighted by Crippen LogP contribution is -2.48. The van der Waals surface area contributed by atoms with Gasteiger partial charge in [0.1, 0.15) is 0 Å². The zero-order chi connectivity index (χ0) is 18.4. The highest BCUT2D eigenvalue weighted by atomic mass is 16.2. The fourth-order valence-electron chi connectivity index (χ4n) is 5.06. The predicted octanol–water partition coefficient (Wildman–Crippen LogP) is 2.70. The number of hydrogen-bond acceptors (Lipinski definition) is 3. The highest BCUT2D eigenvalue weighted by Crippen LogP contribution is 2.32. The van der Waals surface area contributed by atoms with Crippen LogP contribution < -0.4 is 10.6 Å². The molecule has 0 aromatic rings. The van der Waals surface area contributed by atoms with Crippen molar-refractivity contribution in [3.8, 4) is 0 Å². The van der Waals surface area contributed by atoms with Gasteiger partial charge in [-0.3, -0.25) is 9.59 Å². The molecule has 0 spiro atoms. The third kappa shape index (κ3) is 5.21. The molecule has 3 fully saturated rings. The van der Waals surface area contributed by atoms with Crippen LogP contribution >= 0.6 is 0 Å². The first-order valence-electron chi connectivity index (χ1n) is 11.0. The molecule has 1 aliphatic carbocycles. The van der Waals surface area contributed by atoms with Gasteiger partial charge >= 0.3 is 0 Å². The average molecular weight is 364 g/mol. The molecule has 2 saturated heterocycles. The molecule has 3 atom stereocenters. The van der Waals surface area contributed by atoms with Gasteiger partial charge in [0.2, 0.25) is 11.8 Å². The first-order valence-corrected chi connectivity index (χ1v) is 11.0. The number of likely N-dealkylation sites (tertiary alicyclic amines) is 1. The van der Waals surface area contributed by atoms with Crippen molar-refractivity contribution in [2.45, 2.75) is 77.2 Å². The van der Waals surface area contributed by atoms with Crippen LogP contribution in [-0.2, 0) is 9.59 Å². The van der Waals surface area contributed by atoms with Gasteiger partial charge in [-0.25, -0.2) is 0 Å². The van der Waals surface area contributed by atoms with Crippen LogP contribution in [0.15, 0.2) is 0 Å². The number of hydrogen-bond donors (Lipinski definition) is 2. The summed E-state index contributed by atoms with van der Waals surface area (Å²) in [7, 11) is 0. The van der Waals surface area contributed by atoms with Crippen LogP contribution in [0.3, 0.4) is 0 Å². The van der Waals surface area contributed by atoms with Gasteiger partial charge < -0.3 is 15.5 Å². The maximum atomic E-state index is 13.0. The Hall–Kier alpha value is -1.10. The highest BCUT2D eigenvalue weighted by Gasteiger charge is 2.31. The van der Waals surface area contributed by atoms with Gasteiger partial charge in [0.15, 0.2) is 0 Å². The molecule has 2 amide bonds. The van der Waals surface area contributed by atoms with Gasteiger partial charge in [0.25, 0.3) is 0 Å². The van der Waals surface area contributed by atoms with E-state index in [9.17, 15) is 9.59 Å². The Labute approximate surface area is 158 Å². The summed E-state index contributed by atoms with van der Waals surface area (Å²) < 4.78 is 0. The second-order valence-corrected chi connectivity index (χ2v) is 8.68. The minimum atomic E-state index is -0.00721. The average Bonchev–Trinajstić information content (AvgIpc) is 3.37. The normalized spacial score (nSPS) is 28.3. The van der Waals surface area contributed by atoms with Gasteiger partial charge in [-0.1, -0.05) is 32.6 Å². The molecule has 5 heteroatoms. The molecule has 0 aromatic heterocycles. The van der Waals surface area contributed by atoms with Crippen LogP contribution in [0.2, 0.25) is 0 Å². The van der Waals surface area contributed by atoms with Gasteiger partial charge in [-0.15, -0.1) is 0 Å². The number of nitrogens with one attached hydrogen (secondary N) is 2. The smallest absolute Gasteiger partial charge is 0.237 e. The van der Waals surface area contributed by atoms with E-state index in [2.05, 4.69) is 22.5 Å². The van der Waals surface area contributed by atoms with Gasteiger partial charge in [-0.05, 0) is 56.9 Å². The van der Waals surface area contributed by atoms with Crippen molar-refractivity contribution in [3.63, 3.8) is 0 Å². The lowest BCUT2D eigenvalue weighted by atomic mass is 9.89. The van der Waals surface area contributed by atoms with Crippen LogP contribution in [0, 0.1) is 17.8 Å². The van der Waals surface area contributed by atoms with Crippen LogP contribution in [-0.4, -0.2) is 48.9 Å². The summed E-state index contributed by atoms with van der Waals surface area (Å²) in [6.45, 7) is 5.53. The molecule has 26 heavy (non-hydrogen) atoms. The molecule has 0 radical (unpaired) electrons. The third-order valence-electron chi connectivity index (χ3n) is 6.71. The van der Waals surface area contributed by atoms with E-state index in [1.54, 1.807) is 0 Å². The lowest BCUT2D eigenvalue weighted by molar-refractivity contribution is -0.138. The second kappa shape index (κ2) is 9.72. The summed E-state index contributed by atoms with van der Waals surface area (Å²) in [4.78, 5) is 27.3. The van der Waals surface area contributed by atoms with E-state index in [0.717, 1.165) is 64.1 Å². The number of rotatable bonds is 7. The minimum absolute atomic E-state index is 0.00721. The van der Waals surface area contributed by atoms with Crippen molar-refractivity contribution in [3.05, 3.63) is 0 Å². The quantitative estimate of drug-likeness (QED) is 0.731. The molecule has 148 valence electrons. The molecule has 1 saturated carbocycles. The monoisotopic (exact) mass is 363 g/mol. The molecule has 2 N–H and O–H groups in total. The fraction of sp³-hybridized carbons (Fsp3) is 0.905. The van der Waals surface area contributed by atoms with E-state index in [4.69, 9.17) is 0 Å². The van der Waals surface area contributed by atoms with Crippen molar-refractivity contribution in [2.75, 3.05) is 26.2 Å². The van der Waals surface area contributed by atoms with Crippen molar-refractivity contribution in [1.29, 1.82) is 0 Å². The van der Waals surface area contributed by atoms with Crippen molar-refractivity contribution < 1.29 is 9.59 Å². The molecule has 0 aromatic carbocycles. The summed E-state index contributed by atoms with van der Waals surface area (Å²) in [5.41, 5.74) is 0. The molecule has 3 rings (SSSR count). The summed E-state index contributed by atoms with van der Waals surface area (Å²) in [5.74, 6) is 1.88. The summed E-state index contributed by atoms with van der Waals surface area (Å²) >= 11 is 0. The maximum absolute atomic E-state index is 13.0. The first kappa shape index (κ1) is 19.7. The van der Waals surface area contributed by atoms with E-state index in [0.29, 0.717) is 18.4 Å². The topological polar surface area (TPSA) is 61.4 Å². The summed E-state index contributed by atoms with van der Waals surface area (Å²) in [6.07, 6.45) is 11.6. The standard InChI is InChI=1S/C21H37N3O2/c1-2-18(13-16-7-3-4-8-16)21(26)24-12-6-9-17(15-24)14-23-20(25)19-10-5-11-22-19/h16-19,22H,2-15H2,1H3,(H,23,25). The maximum Gasteiger partial charge on any atom is 0.237 e. The number of amides is 2. The third-order valence-corrected chi connectivity index (χ3v) is 6.71. The van der Waals surface area contributed by atoms with Crippen LogP contribution in [0.5, 0.6) is 0 Å². The summed E-state index contributed by atoms with van der Waals surface area (Å²) in [6, 6.07) is -0.00721. The Balaban J connectivity index is 1.45. The Bertz CT molecular complexity index is 470. The molecule has 3 unspecified atom stereocenters. The van der Waals surface area contributed by atoms with Crippen molar-refractivity contribution >= 4 is 11.8 Å². The Morgan fingerprint density at radius 3 is 2.54 bits per heavy atom. The van der Waals surface area contributed by atoms with Crippen molar-refractivity contribution in [1.82, 2.24) is 15.5 Å². The van der Waals surface area contributed by atoms with Crippen molar-refractivity contribution in [2.24, 2.45) is 17.8 Å². The highest BCUT2D eigenvalue weighted by molar-refractivity contribution is 5.82. The fourth-order valence-corrected chi connectivity index (χ4v) is 5.06. The van der Waals surface area contributed by atoms with E-state index < -0.39 is 0 Å². The Kier molecular flexibility index (Phi) is 7.35. The molecule has 2 heterocycles. The van der Waals surface area contributed by atoms with E-state index >= 15 is 0 Å². The predicted molar refractivity (Wildman–Crippen MR) is 104 cm³/mol. The molecular weight excluding hydrogens is 326 g/mol. The largest absolute Gasteiger partial charge is 0.354 e. The second-order valence-electron chi connectivity index (χ2n) is 8.68. The van der Waals surface area contributed by atoms with Gasteiger partial charge in [-0.2, -0.15) is 0 Å². The molecule has 0 bridgehead atoms. The lowest BCUT2D eigenvalue weighted by Gasteiger charge is -2.35. The molecular formula is C21H37N3O2. The van der Waals surface area contributed by atoms with Gasteiger partial charge in [0, 0.05) is 25.6 Å². The molecule has 5 nitrogen and oxygen atoms in total. The van der Waals surface area contributed by atoms with E-state index in [1.807, 2.05) is 0 Å². The van der Waals surface area contributed by atoms with Gasteiger partial charge in [0.05, 0.1) is 6.04 Å². The molecule has 3 aliphatic rings.